The Morgan fingerprint density at radius 1 is 1.12 bits per heavy atom. The SMILES string of the molecule is O=C(O)CCC(=O)N1CCC[C@H]1C(=O)Nc1ccc2c(c1)CCC2. The van der Waals surface area contributed by atoms with Crippen molar-refractivity contribution in [3.05, 3.63) is 29.3 Å². The Balaban J connectivity index is 1.63. The summed E-state index contributed by atoms with van der Waals surface area (Å²) in [7, 11) is 0. The van der Waals surface area contributed by atoms with E-state index in [4.69, 9.17) is 5.11 Å². The van der Waals surface area contributed by atoms with Gasteiger partial charge in [0.05, 0.1) is 6.42 Å². The number of carboxylic acid groups (broad SMARTS) is 1. The second kappa shape index (κ2) is 7.03. The number of hydrogen-bond acceptors (Lipinski definition) is 3. The number of carbonyl (C=O) groups is 3. The van der Waals surface area contributed by atoms with Gasteiger partial charge < -0.3 is 15.3 Å². The molecule has 6 nitrogen and oxygen atoms in total. The number of hydrogen-bond donors (Lipinski definition) is 2. The molecule has 1 aromatic carbocycles. The number of benzene rings is 1. The van der Waals surface area contributed by atoms with Crippen LogP contribution in [0.3, 0.4) is 0 Å². The maximum atomic E-state index is 12.5. The molecule has 2 amide bonds. The molecule has 24 heavy (non-hydrogen) atoms. The van der Waals surface area contributed by atoms with Gasteiger partial charge in [0.1, 0.15) is 6.04 Å². The molecule has 0 bridgehead atoms. The predicted octanol–water partition coefficient (Wildman–Crippen LogP) is 1.97. The van der Waals surface area contributed by atoms with E-state index in [0.29, 0.717) is 13.0 Å². The number of likely N-dealkylation sites (tertiary alicyclic amines) is 1. The predicted molar refractivity (Wildman–Crippen MR) is 88.7 cm³/mol. The Kier molecular flexibility index (Phi) is 4.83. The average molecular weight is 330 g/mol. The summed E-state index contributed by atoms with van der Waals surface area (Å²) in [5, 5.41) is 11.6. The quantitative estimate of drug-likeness (QED) is 0.864. The maximum Gasteiger partial charge on any atom is 0.303 e. The van der Waals surface area contributed by atoms with Crippen molar-refractivity contribution in [1.82, 2.24) is 4.90 Å². The number of aryl methyl sites for hydroxylation is 2. The molecule has 0 spiro atoms. The first-order valence-electron chi connectivity index (χ1n) is 8.48. The molecule has 1 aromatic rings. The number of nitrogens with zero attached hydrogens (tertiary/aromatic N) is 1. The van der Waals surface area contributed by atoms with Crippen molar-refractivity contribution in [2.24, 2.45) is 0 Å². The number of anilines is 1. The summed E-state index contributed by atoms with van der Waals surface area (Å²) in [6, 6.07) is 5.49. The van der Waals surface area contributed by atoms with E-state index in [2.05, 4.69) is 11.4 Å². The zero-order valence-electron chi connectivity index (χ0n) is 13.6. The molecule has 3 rings (SSSR count). The van der Waals surface area contributed by atoms with Crippen molar-refractivity contribution in [3.8, 4) is 0 Å². The molecule has 1 saturated heterocycles. The van der Waals surface area contributed by atoms with Gasteiger partial charge in [-0.2, -0.15) is 0 Å². The Hall–Kier alpha value is -2.37. The molecule has 0 saturated carbocycles. The summed E-state index contributed by atoms with van der Waals surface area (Å²) < 4.78 is 0. The van der Waals surface area contributed by atoms with Gasteiger partial charge in [-0.25, -0.2) is 0 Å². The molecule has 2 N–H and O–H groups in total. The molecule has 1 fully saturated rings. The van der Waals surface area contributed by atoms with E-state index >= 15 is 0 Å². The summed E-state index contributed by atoms with van der Waals surface area (Å²) in [5.41, 5.74) is 3.40. The fraction of sp³-hybridized carbons (Fsp3) is 0.500. The van der Waals surface area contributed by atoms with E-state index in [0.717, 1.165) is 31.4 Å². The number of amides is 2. The Bertz CT molecular complexity index is 671. The van der Waals surface area contributed by atoms with Gasteiger partial charge in [-0.1, -0.05) is 6.07 Å². The third-order valence-electron chi connectivity index (χ3n) is 4.79. The second-order valence-electron chi connectivity index (χ2n) is 6.47. The van der Waals surface area contributed by atoms with Crippen LogP contribution in [0.1, 0.15) is 43.2 Å². The highest BCUT2D eigenvalue weighted by molar-refractivity contribution is 5.97. The highest BCUT2D eigenvalue weighted by atomic mass is 16.4. The Morgan fingerprint density at radius 3 is 2.71 bits per heavy atom. The van der Waals surface area contributed by atoms with Crippen molar-refractivity contribution >= 4 is 23.5 Å². The molecule has 2 aliphatic rings. The zero-order valence-corrected chi connectivity index (χ0v) is 13.6. The normalized spacial score (nSPS) is 19.2. The Morgan fingerprint density at radius 2 is 1.92 bits per heavy atom. The second-order valence-corrected chi connectivity index (χ2v) is 6.47. The molecule has 1 aliphatic carbocycles. The van der Waals surface area contributed by atoms with Gasteiger partial charge in [-0.3, -0.25) is 14.4 Å². The molecular formula is C18H22N2O4. The van der Waals surface area contributed by atoms with Crippen LogP contribution in [0.5, 0.6) is 0 Å². The van der Waals surface area contributed by atoms with Gasteiger partial charge in [0.15, 0.2) is 0 Å². The van der Waals surface area contributed by atoms with Crippen molar-refractivity contribution in [2.75, 3.05) is 11.9 Å². The standard InChI is InChI=1S/C18H22N2O4/c21-16(8-9-17(22)23)20-10-2-5-15(20)18(24)19-14-7-6-12-3-1-4-13(12)11-14/h6-7,11,15H,1-5,8-10H2,(H,19,24)(H,22,23)/t15-/m0/s1. The van der Waals surface area contributed by atoms with Gasteiger partial charge in [-0.05, 0) is 55.4 Å². The lowest BCUT2D eigenvalue weighted by atomic mass is 10.1. The van der Waals surface area contributed by atoms with Crippen LogP contribution in [0.4, 0.5) is 5.69 Å². The van der Waals surface area contributed by atoms with E-state index in [-0.39, 0.29) is 24.7 Å². The van der Waals surface area contributed by atoms with Gasteiger partial charge in [0.25, 0.3) is 0 Å². The van der Waals surface area contributed by atoms with Crippen LogP contribution in [0.25, 0.3) is 0 Å². The minimum absolute atomic E-state index is 0.0576. The highest BCUT2D eigenvalue weighted by Crippen LogP contribution is 2.26. The first-order chi connectivity index (χ1) is 11.5. The van der Waals surface area contributed by atoms with Gasteiger partial charge in [0, 0.05) is 18.7 Å². The topological polar surface area (TPSA) is 86.7 Å². The monoisotopic (exact) mass is 330 g/mol. The smallest absolute Gasteiger partial charge is 0.303 e. The molecule has 6 heteroatoms. The summed E-state index contributed by atoms with van der Waals surface area (Å²) in [6.45, 7) is 0.515. The van der Waals surface area contributed by atoms with Crippen LogP contribution in [0.2, 0.25) is 0 Å². The Labute approximate surface area is 140 Å². The summed E-state index contributed by atoms with van der Waals surface area (Å²) in [6.07, 6.45) is 4.42. The molecule has 1 atom stereocenters. The molecule has 0 aromatic heterocycles. The largest absolute Gasteiger partial charge is 0.481 e. The summed E-state index contributed by atoms with van der Waals surface area (Å²) >= 11 is 0. The summed E-state index contributed by atoms with van der Waals surface area (Å²) in [5.74, 6) is -1.44. The summed E-state index contributed by atoms with van der Waals surface area (Å²) in [4.78, 5) is 36.8. The number of nitrogens with one attached hydrogen (secondary N) is 1. The third-order valence-corrected chi connectivity index (χ3v) is 4.79. The molecular weight excluding hydrogens is 308 g/mol. The van der Waals surface area contributed by atoms with Crippen LogP contribution >= 0.6 is 0 Å². The van der Waals surface area contributed by atoms with E-state index < -0.39 is 12.0 Å². The number of carbonyl (C=O) groups excluding carboxylic acids is 2. The van der Waals surface area contributed by atoms with Crippen LogP contribution in [-0.4, -0.2) is 40.4 Å². The van der Waals surface area contributed by atoms with Crippen molar-refractivity contribution in [3.63, 3.8) is 0 Å². The van der Waals surface area contributed by atoms with Crippen molar-refractivity contribution in [2.45, 2.75) is 51.0 Å². The van der Waals surface area contributed by atoms with Gasteiger partial charge >= 0.3 is 5.97 Å². The molecule has 1 aliphatic heterocycles. The lowest BCUT2D eigenvalue weighted by molar-refractivity contribution is -0.142. The van der Waals surface area contributed by atoms with Crippen molar-refractivity contribution < 1.29 is 19.5 Å². The minimum Gasteiger partial charge on any atom is -0.481 e. The molecule has 1 heterocycles. The first kappa shape index (κ1) is 16.5. The lowest BCUT2D eigenvalue weighted by Gasteiger charge is -2.24. The molecule has 128 valence electrons. The number of rotatable bonds is 5. The van der Waals surface area contributed by atoms with Crippen LogP contribution in [0, 0.1) is 0 Å². The van der Waals surface area contributed by atoms with Crippen LogP contribution < -0.4 is 5.32 Å². The van der Waals surface area contributed by atoms with Crippen molar-refractivity contribution in [1.29, 1.82) is 0 Å². The fourth-order valence-corrected chi connectivity index (χ4v) is 3.57. The van der Waals surface area contributed by atoms with E-state index in [1.807, 2.05) is 12.1 Å². The zero-order chi connectivity index (χ0) is 17.1. The van der Waals surface area contributed by atoms with E-state index in [1.54, 1.807) is 0 Å². The van der Waals surface area contributed by atoms with Gasteiger partial charge in [-0.15, -0.1) is 0 Å². The van der Waals surface area contributed by atoms with E-state index in [1.165, 1.54) is 16.0 Å². The van der Waals surface area contributed by atoms with Crippen LogP contribution in [-0.2, 0) is 27.2 Å². The fourth-order valence-electron chi connectivity index (χ4n) is 3.57. The number of fused-ring (bicyclic) bond motifs is 1. The highest BCUT2D eigenvalue weighted by Gasteiger charge is 2.34. The van der Waals surface area contributed by atoms with Gasteiger partial charge in [0.2, 0.25) is 11.8 Å². The van der Waals surface area contributed by atoms with E-state index in [9.17, 15) is 14.4 Å². The number of aliphatic carboxylic acids is 1. The maximum absolute atomic E-state index is 12.5. The number of carboxylic acids is 1. The van der Waals surface area contributed by atoms with Crippen LogP contribution in [0.15, 0.2) is 18.2 Å². The lowest BCUT2D eigenvalue weighted by Crippen LogP contribution is -2.43. The average Bonchev–Trinajstić information content (AvgIpc) is 3.20. The minimum atomic E-state index is -0.998. The molecule has 0 radical (unpaired) electrons. The molecule has 0 unspecified atom stereocenters. The third kappa shape index (κ3) is 3.58. The first-order valence-corrected chi connectivity index (χ1v) is 8.48.